The van der Waals surface area contributed by atoms with Gasteiger partial charge in [0, 0.05) is 19.2 Å². The quantitative estimate of drug-likeness (QED) is 0.621. The van der Waals surface area contributed by atoms with Gasteiger partial charge in [-0.3, -0.25) is 4.79 Å². The number of rotatable bonds is 5. The fourth-order valence-corrected chi connectivity index (χ4v) is 1.61. The Balaban J connectivity index is 2.65. The molecule has 0 heterocycles. The highest BCUT2D eigenvalue weighted by molar-refractivity contribution is 6.33. The maximum atomic E-state index is 12.0. The molecule has 0 atom stereocenters. The number of anilines is 1. The molecule has 5 heteroatoms. The number of hydrogen-bond acceptors (Lipinski definition) is 3. The van der Waals surface area contributed by atoms with Crippen molar-refractivity contribution in [3.8, 4) is 0 Å². The van der Waals surface area contributed by atoms with Crippen LogP contribution in [-0.2, 0) is 0 Å². The SMILES string of the molecule is CNCCCN(C)C(=O)c1ccc(Cl)c(N)c1. The van der Waals surface area contributed by atoms with Crippen LogP contribution in [0.5, 0.6) is 0 Å². The predicted molar refractivity (Wildman–Crippen MR) is 71.4 cm³/mol. The molecule has 0 unspecified atom stereocenters. The number of benzene rings is 1. The molecule has 0 aliphatic heterocycles. The highest BCUT2D eigenvalue weighted by Crippen LogP contribution is 2.20. The van der Waals surface area contributed by atoms with Crippen molar-refractivity contribution in [2.75, 3.05) is 32.9 Å². The van der Waals surface area contributed by atoms with Crippen molar-refractivity contribution in [2.45, 2.75) is 6.42 Å². The minimum Gasteiger partial charge on any atom is -0.398 e. The topological polar surface area (TPSA) is 58.4 Å². The minimum atomic E-state index is -0.0375. The van der Waals surface area contributed by atoms with Gasteiger partial charge in [-0.25, -0.2) is 0 Å². The standard InChI is InChI=1S/C12H18ClN3O/c1-15-6-3-7-16(2)12(17)9-4-5-10(13)11(14)8-9/h4-5,8,15H,3,6-7,14H2,1-2H3. The smallest absolute Gasteiger partial charge is 0.253 e. The molecule has 1 rings (SSSR count). The molecule has 4 nitrogen and oxygen atoms in total. The zero-order chi connectivity index (χ0) is 12.8. The molecule has 94 valence electrons. The van der Waals surface area contributed by atoms with Crippen molar-refractivity contribution in [3.05, 3.63) is 28.8 Å². The summed E-state index contributed by atoms with van der Waals surface area (Å²) in [5, 5.41) is 3.51. The minimum absolute atomic E-state index is 0.0375. The van der Waals surface area contributed by atoms with Gasteiger partial charge in [-0.2, -0.15) is 0 Å². The molecule has 0 aliphatic carbocycles. The Morgan fingerprint density at radius 3 is 2.82 bits per heavy atom. The molecule has 0 spiro atoms. The van der Waals surface area contributed by atoms with Gasteiger partial charge >= 0.3 is 0 Å². The van der Waals surface area contributed by atoms with E-state index in [1.54, 1.807) is 30.1 Å². The lowest BCUT2D eigenvalue weighted by atomic mass is 10.2. The Hall–Kier alpha value is -1.26. The first kappa shape index (κ1) is 13.8. The first-order valence-corrected chi connectivity index (χ1v) is 5.89. The van der Waals surface area contributed by atoms with Crippen molar-refractivity contribution >= 4 is 23.2 Å². The Kier molecular flexibility index (Phi) is 5.25. The number of nitrogen functional groups attached to an aromatic ring is 1. The molecular formula is C12H18ClN3O. The summed E-state index contributed by atoms with van der Waals surface area (Å²) in [6, 6.07) is 4.94. The molecule has 0 saturated heterocycles. The van der Waals surface area contributed by atoms with E-state index in [1.165, 1.54) is 0 Å². The van der Waals surface area contributed by atoms with E-state index in [0.717, 1.165) is 13.0 Å². The maximum Gasteiger partial charge on any atom is 0.253 e. The predicted octanol–water partition coefficient (Wildman–Crippen LogP) is 1.60. The lowest BCUT2D eigenvalue weighted by Gasteiger charge is -2.17. The van der Waals surface area contributed by atoms with Crippen LogP contribution in [0.4, 0.5) is 5.69 Å². The number of nitrogens with zero attached hydrogens (tertiary/aromatic N) is 1. The summed E-state index contributed by atoms with van der Waals surface area (Å²) in [6.07, 6.45) is 0.918. The van der Waals surface area contributed by atoms with Crippen molar-refractivity contribution in [3.63, 3.8) is 0 Å². The molecule has 0 fully saturated rings. The van der Waals surface area contributed by atoms with Gasteiger partial charge in [0.05, 0.1) is 10.7 Å². The Morgan fingerprint density at radius 2 is 2.24 bits per heavy atom. The monoisotopic (exact) mass is 255 g/mol. The number of amides is 1. The lowest BCUT2D eigenvalue weighted by Crippen LogP contribution is -2.29. The van der Waals surface area contributed by atoms with Gasteiger partial charge in [-0.15, -0.1) is 0 Å². The fraction of sp³-hybridized carbons (Fsp3) is 0.417. The number of nitrogens with two attached hydrogens (primary N) is 1. The van der Waals surface area contributed by atoms with Gasteiger partial charge in [0.25, 0.3) is 5.91 Å². The van der Waals surface area contributed by atoms with E-state index in [-0.39, 0.29) is 5.91 Å². The van der Waals surface area contributed by atoms with Crippen LogP contribution >= 0.6 is 11.6 Å². The number of hydrogen-bond donors (Lipinski definition) is 2. The molecule has 0 radical (unpaired) electrons. The number of carbonyl (C=O) groups excluding carboxylic acids is 1. The van der Waals surface area contributed by atoms with Crippen LogP contribution in [0, 0.1) is 0 Å². The first-order chi connectivity index (χ1) is 8.06. The summed E-state index contributed by atoms with van der Waals surface area (Å²) in [5.74, 6) is -0.0375. The Labute approximate surface area is 107 Å². The highest BCUT2D eigenvalue weighted by Gasteiger charge is 2.12. The van der Waals surface area contributed by atoms with E-state index in [1.807, 2.05) is 7.05 Å². The average Bonchev–Trinajstić information content (AvgIpc) is 2.32. The fourth-order valence-electron chi connectivity index (χ4n) is 1.49. The third-order valence-electron chi connectivity index (χ3n) is 2.51. The van der Waals surface area contributed by atoms with E-state index >= 15 is 0 Å². The summed E-state index contributed by atoms with van der Waals surface area (Å²) >= 11 is 5.81. The van der Waals surface area contributed by atoms with Crippen LogP contribution in [0.15, 0.2) is 18.2 Å². The molecular weight excluding hydrogens is 238 g/mol. The van der Waals surface area contributed by atoms with Gasteiger partial charge in [-0.1, -0.05) is 11.6 Å². The van der Waals surface area contributed by atoms with Crippen LogP contribution in [0.1, 0.15) is 16.8 Å². The molecule has 17 heavy (non-hydrogen) atoms. The Morgan fingerprint density at radius 1 is 1.53 bits per heavy atom. The lowest BCUT2D eigenvalue weighted by molar-refractivity contribution is 0.0794. The van der Waals surface area contributed by atoms with Crippen LogP contribution in [0.2, 0.25) is 5.02 Å². The van der Waals surface area contributed by atoms with Crippen molar-refractivity contribution in [1.82, 2.24) is 10.2 Å². The summed E-state index contributed by atoms with van der Waals surface area (Å²) in [7, 11) is 3.67. The maximum absolute atomic E-state index is 12.0. The van der Waals surface area contributed by atoms with E-state index in [2.05, 4.69) is 5.32 Å². The molecule has 3 N–H and O–H groups in total. The van der Waals surface area contributed by atoms with Crippen molar-refractivity contribution < 1.29 is 4.79 Å². The largest absolute Gasteiger partial charge is 0.398 e. The number of nitrogens with one attached hydrogen (secondary N) is 1. The molecule has 0 aromatic heterocycles. The second kappa shape index (κ2) is 6.47. The molecule has 1 aromatic rings. The molecule has 1 amide bonds. The third-order valence-corrected chi connectivity index (χ3v) is 2.85. The van der Waals surface area contributed by atoms with Gasteiger partial charge in [-0.05, 0) is 38.2 Å². The zero-order valence-electron chi connectivity index (χ0n) is 10.2. The van der Waals surface area contributed by atoms with Crippen LogP contribution < -0.4 is 11.1 Å². The summed E-state index contributed by atoms with van der Waals surface area (Å²) in [6.45, 7) is 1.60. The summed E-state index contributed by atoms with van der Waals surface area (Å²) in [4.78, 5) is 13.7. The van der Waals surface area contributed by atoms with Crippen molar-refractivity contribution in [1.29, 1.82) is 0 Å². The van der Waals surface area contributed by atoms with E-state index in [0.29, 0.717) is 22.8 Å². The summed E-state index contributed by atoms with van der Waals surface area (Å²) in [5.41, 5.74) is 6.67. The highest BCUT2D eigenvalue weighted by atomic mass is 35.5. The zero-order valence-corrected chi connectivity index (χ0v) is 10.9. The van der Waals surface area contributed by atoms with E-state index < -0.39 is 0 Å². The van der Waals surface area contributed by atoms with Crippen LogP contribution in [0.3, 0.4) is 0 Å². The number of halogens is 1. The van der Waals surface area contributed by atoms with Gasteiger partial charge in [0.2, 0.25) is 0 Å². The van der Waals surface area contributed by atoms with Crippen molar-refractivity contribution in [2.24, 2.45) is 0 Å². The van der Waals surface area contributed by atoms with Crippen LogP contribution in [-0.4, -0.2) is 38.0 Å². The summed E-state index contributed by atoms with van der Waals surface area (Å²) < 4.78 is 0. The molecule has 0 saturated carbocycles. The van der Waals surface area contributed by atoms with Crippen LogP contribution in [0.25, 0.3) is 0 Å². The van der Waals surface area contributed by atoms with E-state index in [4.69, 9.17) is 17.3 Å². The molecule has 0 bridgehead atoms. The Bertz CT molecular complexity index is 395. The van der Waals surface area contributed by atoms with E-state index in [9.17, 15) is 4.79 Å². The number of carbonyl (C=O) groups is 1. The van der Waals surface area contributed by atoms with Gasteiger partial charge in [0.1, 0.15) is 0 Å². The molecule has 1 aromatic carbocycles. The first-order valence-electron chi connectivity index (χ1n) is 5.51. The molecule has 0 aliphatic rings. The second-order valence-corrected chi connectivity index (χ2v) is 4.33. The average molecular weight is 256 g/mol. The normalized spacial score (nSPS) is 10.3. The third kappa shape index (κ3) is 3.91. The van der Waals surface area contributed by atoms with Gasteiger partial charge in [0.15, 0.2) is 0 Å². The second-order valence-electron chi connectivity index (χ2n) is 3.92. The van der Waals surface area contributed by atoms with Gasteiger partial charge < -0.3 is 16.0 Å².